The summed E-state index contributed by atoms with van der Waals surface area (Å²) in [5, 5.41) is 2.71. The number of hydrogen-bond acceptors (Lipinski definition) is 7. The maximum absolute atomic E-state index is 13.5. The van der Waals surface area contributed by atoms with Crippen LogP contribution in [0, 0.1) is 0 Å². The molecule has 1 amide bonds. The van der Waals surface area contributed by atoms with Crippen LogP contribution >= 0.6 is 0 Å². The molecular formula is C24H26N2O7S. The van der Waals surface area contributed by atoms with E-state index in [1.807, 2.05) is 0 Å². The van der Waals surface area contributed by atoms with Crippen LogP contribution in [0.5, 0.6) is 23.0 Å². The average molecular weight is 487 g/mol. The topological polar surface area (TPSA) is 103 Å². The molecule has 3 rings (SSSR count). The molecule has 0 fully saturated rings. The second kappa shape index (κ2) is 10.8. The molecule has 0 aliphatic carbocycles. The molecule has 9 nitrogen and oxygen atoms in total. The lowest BCUT2D eigenvalue weighted by Crippen LogP contribution is -2.38. The van der Waals surface area contributed by atoms with Crippen LogP contribution in [-0.2, 0) is 14.8 Å². The lowest BCUT2D eigenvalue weighted by molar-refractivity contribution is -0.114. The zero-order valence-electron chi connectivity index (χ0n) is 19.3. The van der Waals surface area contributed by atoms with Gasteiger partial charge in [0.1, 0.15) is 18.0 Å². The Kier molecular flexibility index (Phi) is 7.85. The van der Waals surface area contributed by atoms with Gasteiger partial charge >= 0.3 is 0 Å². The molecule has 0 aliphatic rings. The highest BCUT2D eigenvalue weighted by Gasteiger charge is 2.29. The smallest absolute Gasteiger partial charge is 0.264 e. The van der Waals surface area contributed by atoms with Crippen molar-refractivity contribution < 1.29 is 32.2 Å². The van der Waals surface area contributed by atoms with Gasteiger partial charge in [-0.2, -0.15) is 0 Å². The number of rotatable bonds is 10. The predicted octanol–water partition coefficient (Wildman–Crippen LogP) is 3.56. The van der Waals surface area contributed by atoms with Crippen molar-refractivity contribution in [3.63, 3.8) is 0 Å². The van der Waals surface area contributed by atoms with Crippen molar-refractivity contribution in [3.8, 4) is 23.0 Å². The summed E-state index contributed by atoms with van der Waals surface area (Å²) in [6.45, 7) is -0.506. The van der Waals surface area contributed by atoms with Crippen LogP contribution in [0.4, 0.5) is 11.4 Å². The van der Waals surface area contributed by atoms with E-state index in [-0.39, 0.29) is 16.3 Å². The van der Waals surface area contributed by atoms with Crippen LogP contribution in [0.25, 0.3) is 0 Å². The standard InChI is InChI=1S/C24H26N2O7S/c1-30-18-11-12-20(22(15-18)32-3)26(34(28,29)19-8-6-5-7-9-19)16-24(27)25-17-10-13-21(31-2)23(14-17)33-4/h5-15H,16H2,1-4H3,(H,25,27). The second-order valence-electron chi connectivity index (χ2n) is 6.98. The summed E-state index contributed by atoms with van der Waals surface area (Å²) >= 11 is 0. The van der Waals surface area contributed by atoms with Gasteiger partial charge in [-0.25, -0.2) is 8.42 Å². The Labute approximate surface area is 198 Å². The molecule has 0 atom stereocenters. The molecule has 0 aliphatic heterocycles. The summed E-state index contributed by atoms with van der Waals surface area (Å²) < 4.78 is 49.2. The summed E-state index contributed by atoms with van der Waals surface area (Å²) in [6.07, 6.45) is 0. The first kappa shape index (κ1) is 24.7. The summed E-state index contributed by atoms with van der Waals surface area (Å²) in [4.78, 5) is 13.0. The molecule has 180 valence electrons. The van der Waals surface area contributed by atoms with Gasteiger partial charge < -0.3 is 24.3 Å². The van der Waals surface area contributed by atoms with Crippen LogP contribution in [0.3, 0.4) is 0 Å². The largest absolute Gasteiger partial charge is 0.497 e. The molecule has 0 unspecified atom stereocenters. The van der Waals surface area contributed by atoms with Gasteiger partial charge in [0.2, 0.25) is 5.91 Å². The second-order valence-corrected chi connectivity index (χ2v) is 8.84. The van der Waals surface area contributed by atoms with Crippen molar-refractivity contribution in [2.45, 2.75) is 4.90 Å². The molecule has 1 N–H and O–H groups in total. The number of nitrogens with one attached hydrogen (secondary N) is 1. The van der Waals surface area contributed by atoms with Crippen molar-refractivity contribution >= 4 is 27.3 Å². The number of methoxy groups -OCH3 is 4. The van der Waals surface area contributed by atoms with Crippen LogP contribution in [0.2, 0.25) is 0 Å². The average Bonchev–Trinajstić information content (AvgIpc) is 2.87. The fraction of sp³-hybridized carbons (Fsp3) is 0.208. The number of carbonyl (C=O) groups excluding carboxylic acids is 1. The lowest BCUT2D eigenvalue weighted by atomic mass is 10.2. The minimum atomic E-state index is -4.11. The van der Waals surface area contributed by atoms with E-state index in [9.17, 15) is 13.2 Å². The summed E-state index contributed by atoms with van der Waals surface area (Å²) in [7, 11) is 1.78. The van der Waals surface area contributed by atoms with E-state index < -0.39 is 22.5 Å². The quantitative estimate of drug-likeness (QED) is 0.467. The van der Waals surface area contributed by atoms with Crippen LogP contribution in [0.1, 0.15) is 0 Å². The van der Waals surface area contributed by atoms with Gasteiger partial charge in [0.25, 0.3) is 10.0 Å². The summed E-state index contributed by atoms with van der Waals surface area (Å²) in [5.74, 6) is 1.07. The van der Waals surface area contributed by atoms with E-state index in [4.69, 9.17) is 18.9 Å². The molecule has 0 saturated carbocycles. The van der Waals surface area contributed by atoms with E-state index in [0.29, 0.717) is 22.9 Å². The first-order valence-corrected chi connectivity index (χ1v) is 11.6. The maximum Gasteiger partial charge on any atom is 0.264 e. The Balaban J connectivity index is 1.99. The number of benzene rings is 3. The fourth-order valence-corrected chi connectivity index (χ4v) is 4.71. The van der Waals surface area contributed by atoms with E-state index in [1.165, 1.54) is 46.6 Å². The Morgan fingerprint density at radius 1 is 0.794 bits per heavy atom. The zero-order chi connectivity index (χ0) is 24.7. The number of ether oxygens (including phenoxy) is 4. The number of carbonyl (C=O) groups is 1. The van der Waals surface area contributed by atoms with Gasteiger partial charge in [0.05, 0.1) is 39.0 Å². The Morgan fingerprint density at radius 2 is 1.47 bits per heavy atom. The van der Waals surface area contributed by atoms with Gasteiger partial charge in [-0.1, -0.05) is 18.2 Å². The Hall–Kier alpha value is -3.92. The van der Waals surface area contributed by atoms with E-state index in [2.05, 4.69) is 5.32 Å². The molecule has 0 radical (unpaired) electrons. The van der Waals surface area contributed by atoms with E-state index >= 15 is 0 Å². The maximum atomic E-state index is 13.5. The normalized spacial score (nSPS) is 10.8. The van der Waals surface area contributed by atoms with Crippen LogP contribution in [0.15, 0.2) is 71.6 Å². The molecule has 0 heterocycles. The number of amides is 1. The highest BCUT2D eigenvalue weighted by molar-refractivity contribution is 7.92. The molecule has 0 spiro atoms. The molecular weight excluding hydrogens is 460 g/mol. The van der Waals surface area contributed by atoms with Gasteiger partial charge in [-0.15, -0.1) is 0 Å². The third kappa shape index (κ3) is 5.34. The third-order valence-electron chi connectivity index (χ3n) is 4.94. The van der Waals surface area contributed by atoms with E-state index in [1.54, 1.807) is 48.5 Å². The minimum absolute atomic E-state index is 0.0341. The van der Waals surface area contributed by atoms with Crippen molar-refractivity contribution in [2.24, 2.45) is 0 Å². The van der Waals surface area contributed by atoms with Gasteiger partial charge in [0, 0.05) is 17.8 Å². The number of hydrogen-bond donors (Lipinski definition) is 1. The monoisotopic (exact) mass is 486 g/mol. The first-order valence-electron chi connectivity index (χ1n) is 10.2. The van der Waals surface area contributed by atoms with Gasteiger partial charge in [-0.05, 0) is 36.4 Å². The summed E-state index contributed by atoms with van der Waals surface area (Å²) in [6, 6.07) is 17.4. The number of nitrogens with zero attached hydrogens (tertiary/aromatic N) is 1. The van der Waals surface area contributed by atoms with Gasteiger partial charge in [-0.3, -0.25) is 9.10 Å². The highest BCUT2D eigenvalue weighted by atomic mass is 32.2. The van der Waals surface area contributed by atoms with E-state index in [0.717, 1.165) is 4.31 Å². The van der Waals surface area contributed by atoms with Crippen molar-refractivity contribution in [3.05, 3.63) is 66.7 Å². The molecule has 0 saturated heterocycles. The molecule has 0 aromatic heterocycles. The molecule has 10 heteroatoms. The molecule has 3 aromatic rings. The van der Waals surface area contributed by atoms with Crippen molar-refractivity contribution in [1.82, 2.24) is 0 Å². The first-order chi connectivity index (χ1) is 16.3. The SMILES string of the molecule is COc1ccc(N(CC(=O)Nc2ccc(OC)c(OC)c2)S(=O)(=O)c2ccccc2)c(OC)c1. The number of sulfonamides is 1. The lowest BCUT2D eigenvalue weighted by Gasteiger charge is -2.26. The molecule has 3 aromatic carbocycles. The van der Waals surface area contributed by atoms with Crippen molar-refractivity contribution in [1.29, 1.82) is 0 Å². The van der Waals surface area contributed by atoms with Crippen molar-refractivity contribution in [2.75, 3.05) is 44.6 Å². The predicted molar refractivity (Wildman–Crippen MR) is 129 cm³/mol. The Bertz CT molecular complexity index is 1250. The highest BCUT2D eigenvalue weighted by Crippen LogP contribution is 2.35. The molecule has 34 heavy (non-hydrogen) atoms. The summed E-state index contributed by atoms with van der Waals surface area (Å²) in [5.41, 5.74) is 0.607. The van der Waals surface area contributed by atoms with Gasteiger partial charge in [0.15, 0.2) is 11.5 Å². The minimum Gasteiger partial charge on any atom is -0.497 e. The fourth-order valence-electron chi connectivity index (χ4n) is 3.26. The molecule has 0 bridgehead atoms. The van der Waals surface area contributed by atoms with Crippen LogP contribution in [-0.4, -0.2) is 49.3 Å². The Morgan fingerprint density at radius 3 is 2.09 bits per heavy atom. The third-order valence-corrected chi connectivity index (χ3v) is 6.72. The zero-order valence-corrected chi connectivity index (χ0v) is 20.1. The van der Waals surface area contributed by atoms with Crippen LogP contribution < -0.4 is 28.6 Å². The number of anilines is 2.